The van der Waals surface area contributed by atoms with Crippen LogP contribution in [0.4, 0.5) is 5.82 Å². The van der Waals surface area contributed by atoms with Crippen LogP contribution in [-0.4, -0.2) is 52.6 Å². The highest BCUT2D eigenvalue weighted by Gasteiger charge is 2.19. The fourth-order valence-electron chi connectivity index (χ4n) is 2.35. The van der Waals surface area contributed by atoms with Crippen LogP contribution in [0.3, 0.4) is 0 Å². The number of hydrogen-bond acceptors (Lipinski definition) is 6. The SMILES string of the molecule is N#CCN1CCN(c2ncnc3ncccc23)CC1. The molecule has 3 heterocycles. The maximum absolute atomic E-state index is 8.71. The molecule has 0 radical (unpaired) electrons. The number of nitrogens with zero attached hydrogens (tertiary/aromatic N) is 6. The number of rotatable bonds is 2. The lowest BCUT2D eigenvalue weighted by molar-refractivity contribution is 0.286. The van der Waals surface area contributed by atoms with Gasteiger partial charge in [0.2, 0.25) is 0 Å². The van der Waals surface area contributed by atoms with Crippen LogP contribution >= 0.6 is 0 Å². The third-order valence-corrected chi connectivity index (χ3v) is 3.35. The lowest BCUT2D eigenvalue weighted by atomic mass is 10.2. The van der Waals surface area contributed by atoms with E-state index in [1.807, 2.05) is 12.1 Å². The molecule has 0 saturated carbocycles. The third kappa shape index (κ3) is 2.33. The Morgan fingerprint density at radius 1 is 1.16 bits per heavy atom. The van der Waals surface area contributed by atoms with Gasteiger partial charge in [-0.25, -0.2) is 15.0 Å². The molecule has 96 valence electrons. The predicted molar refractivity (Wildman–Crippen MR) is 71.6 cm³/mol. The van der Waals surface area contributed by atoms with Gasteiger partial charge in [0.1, 0.15) is 12.1 Å². The van der Waals surface area contributed by atoms with Crippen molar-refractivity contribution in [2.75, 3.05) is 37.6 Å². The molecule has 1 aliphatic heterocycles. The van der Waals surface area contributed by atoms with Crippen molar-refractivity contribution in [1.29, 1.82) is 5.26 Å². The van der Waals surface area contributed by atoms with Crippen LogP contribution < -0.4 is 4.90 Å². The van der Waals surface area contributed by atoms with E-state index in [-0.39, 0.29) is 0 Å². The first kappa shape index (κ1) is 11.8. The van der Waals surface area contributed by atoms with Gasteiger partial charge in [0.25, 0.3) is 0 Å². The van der Waals surface area contributed by atoms with Crippen LogP contribution in [0, 0.1) is 11.3 Å². The van der Waals surface area contributed by atoms with Crippen molar-refractivity contribution in [1.82, 2.24) is 19.9 Å². The second-order valence-electron chi connectivity index (χ2n) is 4.49. The molecule has 0 aliphatic carbocycles. The first-order valence-electron chi connectivity index (χ1n) is 6.28. The molecule has 1 fully saturated rings. The third-order valence-electron chi connectivity index (χ3n) is 3.35. The van der Waals surface area contributed by atoms with Crippen LogP contribution in [0.1, 0.15) is 0 Å². The fourth-order valence-corrected chi connectivity index (χ4v) is 2.35. The zero-order valence-electron chi connectivity index (χ0n) is 10.5. The largest absolute Gasteiger partial charge is 0.353 e. The number of aromatic nitrogens is 3. The summed E-state index contributed by atoms with van der Waals surface area (Å²) in [6, 6.07) is 6.10. The number of nitriles is 1. The number of piperazine rings is 1. The Labute approximate surface area is 111 Å². The number of hydrogen-bond donors (Lipinski definition) is 0. The van der Waals surface area contributed by atoms with Gasteiger partial charge in [-0.3, -0.25) is 4.90 Å². The van der Waals surface area contributed by atoms with Crippen LogP contribution in [0.15, 0.2) is 24.7 Å². The average Bonchev–Trinajstić information content (AvgIpc) is 2.48. The first-order chi connectivity index (χ1) is 9.38. The van der Waals surface area contributed by atoms with E-state index < -0.39 is 0 Å². The molecule has 6 heteroatoms. The Balaban J connectivity index is 1.84. The second-order valence-corrected chi connectivity index (χ2v) is 4.49. The summed E-state index contributed by atoms with van der Waals surface area (Å²) in [4.78, 5) is 17.2. The van der Waals surface area contributed by atoms with E-state index in [1.54, 1.807) is 12.5 Å². The molecule has 2 aromatic rings. The number of fused-ring (bicyclic) bond motifs is 1. The van der Waals surface area contributed by atoms with Crippen molar-refractivity contribution in [3.63, 3.8) is 0 Å². The minimum atomic E-state index is 0.500. The summed E-state index contributed by atoms with van der Waals surface area (Å²) in [6.07, 6.45) is 3.30. The van der Waals surface area contributed by atoms with Gasteiger partial charge < -0.3 is 4.90 Å². The van der Waals surface area contributed by atoms with Crippen molar-refractivity contribution in [2.24, 2.45) is 0 Å². The summed E-state index contributed by atoms with van der Waals surface area (Å²) < 4.78 is 0. The lowest BCUT2D eigenvalue weighted by Crippen LogP contribution is -2.46. The van der Waals surface area contributed by atoms with E-state index in [2.05, 4.69) is 30.8 Å². The molecular formula is C13H14N6. The minimum absolute atomic E-state index is 0.500. The van der Waals surface area contributed by atoms with Crippen LogP contribution in [0.25, 0.3) is 11.0 Å². The van der Waals surface area contributed by atoms with Crippen LogP contribution in [-0.2, 0) is 0 Å². The summed E-state index contributed by atoms with van der Waals surface area (Å²) in [5, 5.41) is 9.69. The molecule has 19 heavy (non-hydrogen) atoms. The van der Waals surface area contributed by atoms with Crippen molar-refractivity contribution < 1.29 is 0 Å². The predicted octanol–water partition coefficient (Wildman–Crippen LogP) is 0.670. The molecular weight excluding hydrogens is 240 g/mol. The van der Waals surface area contributed by atoms with E-state index in [0.29, 0.717) is 6.54 Å². The molecule has 0 amide bonds. The Hall–Kier alpha value is -2.26. The van der Waals surface area contributed by atoms with Crippen LogP contribution in [0.5, 0.6) is 0 Å². The Kier molecular flexibility index (Phi) is 3.21. The van der Waals surface area contributed by atoms with Gasteiger partial charge >= 0.3 is 0 Å². The second kappa shape index (κ2) is 5.16. The topological polar surface area (TPSA) is 68.9 Å². The number of anilines is 1. The van der Waals surface area contributed by atoms with Crippen molar-refractivity contribution in [3.05, 3.63) is 24.7 Å². The molecule has 0 spiro atoms. The quantitative estimate of drug-likeness (QED) is 0.734. The molecule has 0 unspecified atom stereocenters. The monoisotopic (exact) mass is 254 g/mol. The Morgan fingerprint density at radius 2 is 2.00 bits per heavy atom. The van der Waals surface area contributed by atoms with Gasteiger partial charge in [0.05, 0.1) is 18.0 Å². The zero-order valence-corrected chi connectivity index (χ0v) is 10.5. The molecule has 0 N–H and O–H groups in total. The first-order valence-corrected chi connectivity index (χ1v) is 6.28. The summed E-state index contributed by atoms with van der Waals surface area (Å²) in [6.45, 7) is 4.03. The summed E-state index contributed by atoms with van der Waals surface area (Å²) in [5.74, 6) is 0.940. The lowest BCUT2D eigenvalue weighted by Gasteiger charge is -2.34. The van der Waals surface area contributed by atoms with E-state index in [9.17, 15) is 0 Å². The van der Waals surface area contributed by atoms with Crippen molar-refractivity contribution in [3.8, 4) is 6.07 Å². The van der Waals surface area contributed by atoms with Crippen LogP contribution in [0.2, 0.25) is 0 Å². The smallest absolute Gasteiger partial charge is 0.164 e. The molecule has 3 rings (SSSR count). The van der Waals surface area contributed by atoms with Gasteiger partial charge in [0.15, 0.2) is 5.65 Å². The van der Waals surface area contributed by atoms with Gasteiger partial charge in [-0.1, -0.05) is 0 Å². The Morgan fingerprint density at radius 3 is 2.79 bits per heavy atom. The number of pyridine rings is 1. The highest BCUT2D eigenvalue weighted by molar-refractivity contribution is 5.86. The molecule has 0 bridgehead atoms. The maximum Gasteiger partial charge on any atom is 0.164 e. The molecule has 0 aromatic carbocycles. The van der Waals surface area contributed by atoms with Gasteiger partial charge in [-0.15, -0.1) is 0 Å². The minimum Gasteiger partial charge on any atom is -0.353 e. The standard InChI is InChI=1S/C13H14N6/c14-3-5-18-6-8-19(9-7-18)13-11-2-1-4-15-12(11)16-10-17-13/h1-2,4,10H,5-9H2. The summed E-state index contributed by atoms with van der Waals surface area (Å²) >= 11 is 0. The average molecular weight is 254 g/mol. The van der Waals surface area contributed by atoms with E-state index >= 15 is 0 Å². The van der Waals surface area contributed by atoms with Gasteiger partial charge in [-0.05, 0) is 12.1 Å². The highest BCUT2D eigenvalue weighted by atomic mass is 15.3. The molecule has 6 nitrogen and oxygen atoms in total. The molecule has 0 atom stereocenters. The normalized spacial score (nSPS) is 16.5. The van der Waals surface area contributed by atoms with E-state index in [1.165, 1.54) is 0 Å². The summed E-state index contributed by atoms with van der Waals surface area (Å²) in [7, 11) is 0. The summed E-state index contributed by atoms with van der Waals surface area (Å²) in [5.41, 5.74) is 0.729. The van der Waals surface area contributed by atoms with E-state index in [4.69, 9.17) is 5.26 Å². The van der Waals surface area contributed by atoms with E-state index in [0.717, 1.165) is 43.0 Å². The van der Waals surface area contributed by atoms with Crippen molar-refractivity contribution in [2.45, 2.75) is 0 Å². The molecule has 2 aromatic heterocycles. The van der Waals surface area contributed by atoms with Gasteiger partial charge in [0, 0.05) is 32.4 Å². The van der Waals surface area contributed by atoms with Gasteiger partial charge in [-0.2, -0.15) is 5.26 Å². The molecule has 1 saturated heterocycles. The highest BCUT2D eigenvalue weighted by Crippen LogP contribution is 2.22. The fraction of sp³-hybridized carbons (Fsp3) is 0.385. The zero-order chi connectivity index (χ0) is 13.1. The van der Waals surface area contributed by atoms with Crippen molar-refractivity contribution >= 4 is 16.9 Å². The Bertz CT molecular complexity index is 607. The molecule has 1 aliphatic rings. The maximum atomic E-state index is 8.71.